The molecule has 0 bridgehead atoms. The Kier molecular flexibility index (Phi) is 4.61. The molecule has 4 heteroatoms. The Morgan fingerprint density at radius 3 is 1.62 bits per heavy atom. The lowest BCUT2D eigenvalue weighted by molar-refractivity contribution is -0.150. The van der Waals surface area contributed by atoms with Gasteiger partial charge in [-0.1, -0.05) is 60.7 Å². The van der Waals surface area contributed by atoms with Gasteiger partial charge in [-0.25, -0.2) is 4.79 Å². The first-order valence-electron chi connectivity index (χ1n) is 6.48. The molecule has 0 amide bonds. The second-order valence-corrected chi connectivity index (χ2v) is 4.63. The van der Waals surface area contributed by atoms with Crippen molar-refractivity contribution in [1.29, 1.82) is 0 Å². The first-order valence-corrected chi connectivity index (χ1v) is 6.48. The summed E-state index contributed by atoms with van der Waals surface area (Å²) in [5, 5.41) is 8.65. The van der Waals surface area contributed by atoms with Crippen LogP contribution in [0.25, 0.3) is 0 Å². The summed E-state index contributed by atoms with van der Waals surface area (Å²) in [5.74, 6) is -3.71. The van der Waals surface area contributed by atoms with E-state index in [1.54, 1.807) is 48.5 Å². The Labute approximate surface area is 122 Å². The van der Waals surface area contributed by atoms with Gasteiger partial charge in [0.1, 0.15) is 0 Å². The van der Waals surface area contributed by atoms with E-state index >= 15 is 0 Å². The highest BCUT2D eigenvalue weighted by atomic mass is 16.4. The molecule has 1 N–H and O–H groups in total. The second kappa shape index (κ2) is 6.61. The molecular formula is C17H14O4. The van der Waals surface area contributed by atoms with E-state index in [9.17, 15) is 14.4 Å². The minimum Gasteiger partial charge on any atom is -0.475 e. The van der Waals surface area contributed by atoms with Crippen LogP contribution in [0.5, 0.6) is 0 Å². The molecule has 0 radical (unpaired) electrons. The summed E-state index contributed by atoms with van der Waals surface area (Å²) in [6.07, 6.45) is -0.607. The highest BCUT2D eigenvalue weighted by Crippen LogP contribution is 2.26. The van der Waals surface area contributed by atoms with E-state index in [0.717, 1.165) is 11.1 Å². The van der Waals surface area contributed by atoms with Gasteiger partial charge < -0.3 is 5.11 Å². The maximum atomic E-state index is 12.4. The van der Waals surface area contributed by atoms with Gasteiger partial charge in [-0.2, -0.15) is 0 Å². The minimum atomic E-state index is -1.58. The average molecular weight is 282 g/mol. The van der Waals surface area contributed by atoms with Gasteiger partial charge in [0, 0.05) is 0 Å². The summed E-state index contributed by atoms with van der Waals surface area (Å²) in [6.45, 7) is 0. The number of hydrogen-bond acceptors (Lipinski definition) is 3. The Bertz CT molecular complexity index is 608. The lowest BCUT2D eigenvalue weighted by Crippen LogP contribution is -2.22. The maximum Gasteiger partial charge on any atom is 0.372 e. The molecule has 0 saturated heterocycles. The quantitative estimate of drug-likeness (QED) is 0.652. The van der Waals surface area contributed by atoms with E-state index in [-0.39, 0.29) is 0 Å². The first kappa shape index (κ1) is 14.7. The van der Waals surface area contributed by atoms with Crippen LogP contribution in [0.2, 0.25) is 0 Å². The summed E-state index contributed by atoms with van der Waals surface area (Å²) in [6, 6.07) is 18.0. The number of ketones is 2. The molecular weight excluding hydrogens is 268 g/mol. The average Bonchev–Trinajstić information content (AvgIpc) is 2.49. The van der Waals surface area contributed by atoms with Gasteiger partial charge in [-0.05, 0) is 11.1 Å². The van der Waals surface area contributed by atoms with Crippen molar-refractivity contribution in [3.05, 3.63) is 71.8 Å². The van der Waals surface area contributed by atoms with E-state index in [1.165, 1.54) is 0 Å². The highest BCUT2D eigenvalue weighted by Gasteiger charge is 2.26. The number of rotatable bonds is 6. The molecule has 0 aromatic heterocycles. The third-order valence-corrected chi connectivity index (χ3v) is 3.16. The number of carboxylic acids is 1. The van der Waals surface area contributed by atoms with Crippen LogP contribution in [0.3, 0.4) is 0 Å². The zero-order chi connectivity index (χ0) is 15.2. The summed E-state index contributed by atoms with van der Waals surface area (Å²) in [5.41, 5.74) is 1.48. The molecule has 0 spiro atoms. The van der Waals surface area contributed by atoms with Crippen LogP contribution in [-0.2, 0) is 14.4 Å². The molecule has 0 aliphatic carbocycles. The summed E-state index contributed by atoms with van der Waals surface area (Å²) >= 11 is 0. The highest BCUT2D eigenvalue weighted by molar-refractivity contribution is 6.36. The van der Waals surface area contributed by atoms with Crippen molar-refractivity contribution in [3.63, 3.8) is 0 Å². The van der Waals surface area contributed by atoms with Crippen molar-refractivity contribution in [2.75, 3.05) is 0 Å². The van der Waals surface area contributed by atoms with Crippen molar-refractivity contribution >= 4 is 17.5 Å². The first-order chi connectivity index (χ1) is 10.1. The summed E-state index contributed by atoms with van der Waals surface area (Å²) < 4.78 is 0. The smallest absolute Gasteiger partial charge is 0.372 e. The fourth-order valence-corrected chi connectivity index (χ4v) is 2.19. The predicted molar refractivity (Wildman–Crippen MR) is 77.0 cm³/mol. The van der Waals surface area contributed by atoms with Gasteiger partial charge in [0.05, 0.1) is 12.3 Å². The number of aliphatic carboxylic acids is 1. The molecule has 0 heterocycles. The number of carbonyl (C=O) groups is 3. The van der Waals surface area contributed by atoms with Gasteiger partial charge in [-0.3, -0.25) is 9.59 Å². The number of hydrogen-bond donors (Lipinski definition) is 1. The van der Waals surface area contributed by atoms with Crippen LogP contribution in [0, 0.1) is 0 Å². The van der Waals surface area contributed by atoms with Crippen LogP contribution in [-0.4, -0.2) is 22.6 Å². The number of carboxylic acid groups (broad SMARTS) is 1. The third-order valence-electron chi connectivity index (χ3n) is 3.16. The topological polar surface area (TPSA) is 71.4 Å². The van der Waals surface area contributed by atoms with Crippen molar-refractivity contribution in [3.8, 4) is 0 Å². The van der Waals surface area contributed by atoms with Crippen molar-refractivity contribution < 1.29 is 19.5 Å². The van der Waals surface area contributed by atoms with Crippen LogP contribution in [0.1, 0.15) is 23.5 Å². The molecule has 0 saturated carbocycles. The van der Waals surface area contributed by atoms with Crippen LogP contribution in [0.15, 0.2) is 60.7 Å². The maximum absolute atomic E-state index is 12.4. The zero-order valence-corrected chi connectivity index (χ0v) is 11.2. The van der Waals surface area contributed by atoms with Gasteiger partial charge in [0.2, 0.25) is 5.78 Å². The number of Topliss-reactive ketones (excluding diaryl/α,β-unsaturated/α-hetero) is 2. The largest absolute Gasteiger partial charge is 0.475 e. The molecule has 2 rings (SSSR count). The van der Waals surface area contributed by atoms with E-state index in [2.05, 4.69) is 0 Å². The Morgan fingerprint density at radius 1 is 0.810 bits per heavy atom. The third kappa shape index (κ3) is 3.63. The van der Waals surface area contributed by atoms with Crippen molar-refractivity contribution in [2.45, 2.75) is 12.3 Å². The van der Waals surface area contributed by atoms with Gasteiger partial charge in [-0.15, -0.1) is 0 Å². The fourth-order valence-electron chi connectivity index (χ4n) is 2.19. The normalized spacial score (nSPS) is 10.3. The SMILES string of the molecule is O=C(O)C(=O)CC(=O)C(c1ccccc1)c1ccccc1. The Hall–Kier alpha value is -2.75. The monoisotopic (exact) mass is 282 g/mol. The van der Waals surface area contributed by atoms with E-state index < -0.39 is 29.9 Å². The standard InChI is InChI=1S/C17H14O4/c18-14(11-15(19)17(20)21)16(12-7-3-1-4-8-12)13-9-5-2-6-10-13/h1-10,16H,11H2,(H,20,21). The van der Waals surface area contributed by atoms with Crippen LogP contribution in [0.4, 0.5) is 0 Å². The Morgan fingerprint density at radius 2 is 1.24 bits per heavy atom. The van der Waals surface area contributed by atoms with E-state index in [1.807, 2.05) is 12.1 Å². The molecule has 21 heavy (non-hydrogen) atoms. The Balaban J connectivity index is 2.35. The lowest BCUT2D eigenvalue weighted by Gasteiger charge is -2.16. The summed E-state index contributed by atoms with van der Waals surface area (Å²) in [7, 11) is 0. The lowest BCUT2D eigenvalue weighted by atomic mass is 9.86. The number of benzene rings is 2. The predicted octanol–water partition coefficient (Wildman–Crippen LogP) is 2.43. The molecule has 0 unspecified atom stereocenters. The minimum absolute atomic E-state index is 0.417. The number of carbonyl (C=O) groups excluding carboxylic acids is 2. The van der Waals surface area contributed by atoms with Crippen molar-refractivity contribution in [2.24, 2.45) is 0 Å². The molecule has 0 atom stereocenters. The van der Waals surface area contributed by atoms with E-state index in [0.29, 0.717) is 0 Å². The fraction of sp³-hybridized carbons (Fsp3) is 0.118. The molecule has 0 aliphatic rings. The second-order valence-electron chi connectivity index (χ2n) is 4.63. The van der Waals surface area contributed by atoms with Crippen LogP contribution < -0.4 is 0 Å². The molecule has 0 aliphatic heterocycles. The molecule has 2 aromatic carbocycles. The molecule has 0 fully saturated rings. The van der Waals surface area contributed by atoms with Gasteiger partial charge >= 0.3 is 5.97 Å². The van der Waals surface area contributed by atoms with Gasteiger partial charge in [0.15, 0.2) is 5.78 Å². The molecule has 4 nitrogen and oxygen atoms in total. The van der Waals surface area contributed by atoms with Gasteiger partial charge in [0.25, 0.3) is 0 Å². The zero-order valence-electron chi connectivity index (χ0n) is 11.2. The van der Waals surface area contributed by atoms with E-state index in [4.69, 9.17) is 5.11 Å². The van der Waals surface area contributed by atoms with Crippen LogP contribution >= 0.6 is 0 Å². The molecule has 2 aromatic rings. The molecule has 106 valence electrons. The van der Waals surface area contributed by atoms with Crippen molar-refractivity contribution in [1.82, 2.24) is 0 Å². The summed E-state index contributed by atoms with van der Waals surface area (Å²) in [4.78, 5) is 34.3.